The summed E-state index contributed by atoms with van der Waals surface area (Å²) < 4.78 is 20.8. The lowest BCUT2D eigenvalue weighted by atomic mass is 9.89. The summed E-state index contributed by atoms with van der Waals surface area (Å²) in [6.45, 7) is 3.80. The van der Waals surface area contributed by atoms with E-state index in [2.05, 4.69) is 26.3 Å². The van der Waals surface area contributed by atoms with E-state index >= 15 is 0 Å². The van der Waals surface area contributed by atoms with Crippen molar-refractivity contribution < 1.29 is 18.9 Å². The third-order valence-electron chi connectivity index (χ3n) is 9.05. The molecule has 2 saturated heterocycles. The molecule has 1 aliphatic carbocycles. The van der Waals surface area contributed by atoms with E-state index in [1.54, 1.807) is 24.5 Å². The number of anilines is 2. The van der Waals surface area contributed by atoms with Crippen LogP contribution >= 0.6 is 0 Å². The molecule has 46 heavy (non-hydrogen) atoms. The lowest BCUT2D eigenvalue weighted by molar-refractivity contribution is -0.542. The fourth-order valence-electron chi connectivity index (χ4n) is 6.90. The molecular formula is C32H40N11O3+. The molecule has 2 aliphatic heterocycles. The van der Waals surface area contributed by atoms with Crippen molar-refractivity contribution in [2.24, 2.45) is 11.6 Å². The van der Waals surface area contributed by atoms with E-state index in [9.17, 15) is 5.26 Å². The van der Waals surface area contributed by atoms with Gasteiger partial charge >= 0.3 is 0 Å². The Bertz CT molecular complexity index is 1600. The van der Waals surface area contributed by atoms with Crippen molar-refractivity contribution in [2.45, 2.75) is 75.7 Å². The monoisotopic (exact) mass is 626 g/mol. The molecule has 14 nitrogen and oxygen atoms in total. The highest BCUT2D eigenvalue weighted by Crippen LogP contribution is 2.39. The summed E-state index contributed by atoms with van der Waals surface area (Å²) in [5.74, 6) is 6.88. The summed E-state index contributed by atoms with van der Waals surface area (Å²) in [5, 5.41) is 26.7. The van der Waals surface area contributed by atoms with Crippen molar-refractivity contribution >= 4 is 18.0 Å². The van der Waals surface area contributed by atoms with E-state index in [1.807, 2.05) is 29.9 Å². The summed E-state index contributed by atoms with van der Waals surface area (Å²) in [6.07, 6.45) is 13.0. The van der Waals surface area contributed by atoms with Gasteiger partial charge in [0.25, 0.3) is 12.2 Å². The Morgan fingerprint density at radius 2 is 1.76 bits per heavy atom. The van der Waals surface area contributed by atoms with Crippen LogP contribution in [0.4, 0.5) is 11.6 Å². The Morgan fingerprint density at radius 3 is 2.43 bits per heavy atom. The zero-order chi connectivity index (χ0) is 32.0. The predicted molar refractivity (Wildman–Crippen MR) is 169 cm³/mol. The molecule has 4 heterocycles. The fourth-order valence-corrected chi connectivity index (χ4v) is 6.90. The number of nitriles is 2. The molecule has 2 bridgehead atoms. The smallest absolute Gasteiger partial charge is 0.257 e. The molecule has 2 aromatic heterocycles. The minimum atomic E-state index is -0.316. The van der Waals surface area contributed by atoms with Gasteiger partial charge in [0.15, 0.2) is 6.61 Å². The highest BCUT2D eigenvalue weighted by atomic mass is 16.5. The Kier molecular flexibility index (Phi) is 9.47. The lowest BCUT2D eigenvalue weighted by Gasteiger charge is -2.43. The number of hydrogen-bond acceptors (Lipinski definition) is 11. The van der Waals surface area contributed by atoms with Gasteiger partial charge in [-0.3, -0.25) is 21.2 Å². The Hall–Kier alpha value is -4.92. The highest BCUT2D eigenvalue weighted by Gasteiger charge is 2.42. The quantitative estimate of drug-likeness (QED) is 0.0929. The molecule has 0 amide bonds. The van der Waals surface area contributed by atoms with Crippen LogP contribution in [0.25, 0.3) is 11.1 Å². The first-order valence-electron chi connectivity index (χ1n) is 15.8. The fraction of sp³-hybridized carbons (Fsp3) is 0.500. The number of hydrazine groups is 1. The van der Waals surface area contributed by atoms with Crippen LogP contribution < -0.4 is 26.4 Å². The van der Waals surface area contributed by atoms with Crippen molar-refractivity contribution in [2.75, 3.05) is 31.7 Å². The molecule has 6 rings (SSSR count). The highest BCUT2D eigenvalue weighted by molar-refractivity contribution is 5.67. The Morgan fingerprint density at radius 1 is 1.07 bits per heavy atom. The largest absolute Gasteiger partial charge is 0.485 e. The van der Waals surface area contributed by atoms with Crippen LogP contribution in [0.15, 0.2) is 36.8 Å². The second kappa shape index (κ2) is 14.0. The van der Waals surface area contributed by atoms with Crippen molar-refractivity contribution in [3.63, 3.8) is 0 Å². The molecule has 14 heteroatoms. The molecule has 1 aromatic carbocycles. The number of nitrogens with two attached hydrogens (primary N) is 2. The molecule has 0 unspecified atom stereocenters. The van der Waals surface area contributed by atoms with E-state index < -0.39 is 0 Å². The summed E-state index contributed by atoms with van der Waals surface area (Å²) in [5.41, 5.74) is 7.98. The first-order valence-corrected chi connectivity index (χ1v) is 15.8. The number of nitrogens with zero attached hydrogens (tertiary/aromatic N) is 8. The molecule has 1 saturated carbocycles. The van der Waals surface area contributed by atoms with Crippen LogP contribution in [0.2, 0.25) is 0 Å². The molecule has 3 aliphatic rings. The first kappa shape index (κ1) is 31.1. The average Bonchev–Trinajstić information content (AvgIpc) is 3.59. The molecule has 0 spiro atoms. The average molecular weight is 627 g/mol. The van der Waals surface area contributed by atoms with Crippen LogP contribution in [-0.2, 0) is 4.74 Å². The van der Waals surface area contributed by atoms with Gasteiger partial charge in [0.1, 0.15) is 36.2 Å². The number of nitrogens with one attached hydrogen (secondary N) is 1. The van der Waals surface area contributed by atoms with E-state index in [0.717, 1.165) is 50.0 Å². The molecule has 240 valence electrons. The molecule has 3 fully saturated rings. The maximum atomic E-state index is 9.58. The number of morpholine rings is 1. The van der Waals surface area contributed by atoms with Gasteiger partial charge < -0.3 is 19.5 Å². The Balaban J connectivity index is 1.13. The van der Waals surface area contributed by atoms with Crippen molar-refractivity contribution in [3.8, 4) is 34.9 Å². The minimum Gasteiger partial charge on any atom is -0.485 e. The summed E-state index contributed by atoms with van der Waals surface area (Å²) in [7, 11) is 0. The van der Waals surface area contributed by atoms with Gasteiger partial charge in [-0.2, -0.15) is 15.2 Å². The number of rotatable bonds is 11. The third kappa shape index (κ3) is 6.83. The van der Waals surface area contributed by atoms with Crippen LogP contribution in [0, 0.1) is 22.7 Å². The van der Waals surface area contributed by atoms with Crippen LogP contribution in [0.3, 0.4) is 0 Å². The van der Waals surface area contributed by atoms with Crippen molar-refractivity contribution in [1.29, 1.82) is 10.5 Å². The van der Waals surface area contributed by atoms with E-state index in [1.165, 1.54) is 23.9 Å². The first-order chi connectivity index (χ1) is 22.4. The number of benzene rings is 1. The van der Waals surface area contributed by atoms with E-state index in [-0.39, 0.29) is 18.8 Å². The lowest BCUT2D eigenvalue weighted by Crippen LogP contribution is -2.52. The maximum Gasteiger partial charge on any atom is 0.257 e. The minimum absolute atomic E-state index is 0.118. The maximum absolute atomic E-state index is 9.58. The zero-order valence-corrected chi connectivity index (χ0v) is 26.0. The topological polar surface area (TPSA) is 189 Å². The number of fused-ring (bicyclic) bond motifs is 2. The summed E-state index contributed by atoms with van der Waals surface area (Å²) in [6, 6.07) is 11.5. The molecule has 3 aromatic rings. The standard InChI is InChI=1S/C32H39N11O3/c1-21(16-41(36)20-35)46-30-12-22(2-3-23(30)13-34)24-14-37-32(38-15-24)39-29-17-42(40-31(29)45-11-10-33)25-4-6-26(7-5-25)43-27-8-9-28(43)19-44-18-27/h2-3,12,14-15,17,20-21,25-28,35H,4-9,11,16,18-19,36H2,1H3,(H,37,38,39)/p+1/t21-,25?,26?,27-,28+/m0/s1. The van der Waals surface area contributed by atoms with Gasteiger partial charge in [0, 0.05) is 36.1 Å². The summed E-state index contributed by atoms with van der Waals surface area (Å²) >= 11 is 0. The van der Waals surface area contributed by atoms with Crippen molar-refractivity contribution in [1.82, 2.24) is 24.6 Å². The van der Waals surface area contributed by atoms with Gasteiger partial charge in [-0.15, -0.1) is 5.10 Å². The number of hydrogen-bond donors (Lipinski definition) is 3. The molecule has 3 atom stereocenters. The molecule has 5 N–H and O–H groups in total. The summed E-state index contributed by atoms with van der Waals surface area (Å²) in [4.78, 5) is 11.8. The van der Waals surface area contributed by atoms with Gasteiger partial charge in [0.2, 0.25) is 5.95 Å². The third-order valence-corrected chi connectivity index (χ3v) is 9.05. The van der Waals surface area contributed by atoms with Gasteiger partial charge in [-0.25, -0.2) is 9.97 Å². The number of hydrazone groups is 1. The molecular weight excluding hydrogens is 586 g/mol. The zero-order valence-electron chi connectivity index (χ0n) is 26.0. The van der Waals surface area contributed by atoms with Gasteiger partial charge in [-0.05, 0) is 63.1 Å². The van der Waals surface area contributed by atoms with Crippen LogP contribution in [0.5, 0.6) is 11.6 Å². The number of aromatic nitrogens is 4. The van der Waals surface area contributed by atoms with Crippen LogP contribution in [-0.4, -0.2) is 86.3 Å². The normalized spacial score (nSPS) is 23.7. The SMILES string of the molecule is C[C@@H](C/[N+](N)=C/N)Oc1cc(-c2cnc(Nc3cn(C4CCC(N5[C@@H]6CC[C@H]5COC6)CC4)nc3OCC#N)nc2)ccc1C#N. The van der Waals surface area contributed by atoms with E-state index in [4.69, 9.17) is 36.1 Å². The predicted octanol–water partition coefficient (Wildman–Crippen LogP) is 2.85. The van der Waals surface area contributed by atoms with Gasteiger partial charge in [0.05, 0.1) is 31.0 Å². The Labute approximate surface area is 268 Å². The molecule has 0 radical (unpaired) electrons. The van der Waals surface area contributed by atoms with E-state index in [0.29, 0.717) is 53.5 Å². The second-order valence-corrected chi connectivity index (χ2v) is 12.1. The van der Waals surface area contributed by atoms with Gasteiger partial charge in [-0.1, -0.05) is 6.07 Å². The van der Waals surface area contributed by atoms with Crippen LogP contribution in [0.1, 0.15) is 57.1 Å². The second-order valence-electron chi connectivity index (χ2n) is 12.1. The van der Waals surface area contributed by atoms with Crippen molar-refractivity contribution in [3.05, 3.63) is 42.4 Å². The number of ether oxygens (including phenoxy) is 3.